The molecule has 2 amide bonds. The van der Waals surface area contributed by atoms with Gasteiger partial charge in [-0.3, -0.25) is 14.6 Å². The monoisotopic (exact) mass is 375 g/mol. The Bertz CT molecular complexity index is 736. The Morgan fingerprint density at radius 1 is 1.00 bits per heavy atom. The van der Waals surface area contributed by atoms with E-state index in [9.17, 15) is 14.0 Å². The minimum atomic E-state index is -0.326. The Morgan fingerprint density at radius 2 is 1.70 bits per heavy atom. The lowest BCUT2D eigenvalue weighted by Crippen LogP contribution is -2.29. The van der Waals surface area contributed by atoms with Gasteiger partial charge in [-0.1, -0.05) is 12.1 Å². The van der Waals surface area contributed by atoms with Gasteiger partial charge in [0.2, 0.25) is 0 Å². The Hall–Kier alpha value is -2.84. The van der Waals surface area contributed by atoms with Crippen LogP contribution in [0.15, 0.2) is 42.6 Å². The molecule has 0 bridgehead atoms. The lowest BCUT2D eigenvalue weighted by molar-refractivity contribution is 0.0897. The molecule has 0 aliphatic heterocycles. The van der Waals surface area contributed by atoms with E-state index in [0.717, 1.165) is 5.56 Å². The molecular weight excluding hydrogens is 353 g/mol. The summed E-state index contributed by atoms with van der Waals surface area (Å²) in [7, 11) is 1.55. The van der Waals surface area contributed by atoms with Crippen molar-refractivity contribution in [1.82, 2.24) is 15.6 Å². The highest BCUT2D eigenvalue weighted by Gasteiger charge is 2.09. The van der Waals surface area contributed by atoms with Crippen LogP contribution in [0.4, 0.5) is 4.39 Å². The van der Waals surface area contributed by atoms with Crippen molar-refractivity contribution in [2.24, 2.45) is 0 Å². The number of hydrogen-bond acceptors (Lipinski definition) is 5. The van der Waals surface area contributed by atoms with E-state index in [2.05, 4.69) is 15.6 Å². The largest absolute Gasteiger partial charge is 0.383 e. The zero-order valence-electron chi connectivity index (χ0n) is 15.0. The number of benzene rings is 1. The smallest absolute Gasteiger partial charge is 0.269 e. The van der Waals surface area contributed by atoms with Crippen molar-refractivity contribution in [2.75, 3.05) is 33.4 Å². The number of nitrogens with one attached hydrogen (secondary N) is 2. The van der Waals surface area contributed by atoms with Gasteiger partial charge in [-0.25, -0.2) is 4.39 Å². The maximum atomic E-state index is 12.8. The summed E-state index contributed by atoms with van der Waals surface area (Å²) in [5.41, 5.74) is 1.43. The van der Waals surface area contributed by atoms with E-state index in [4.69, 9.17) is 9.47 Å². The molecule has 1 aromatic heterocycles. The summed E-state index contributed by atoms with van der Waals surface area (Å²) in [4.78, 5) is 27.8. The molecule has 1 aromatic carbocycles. The van der Waals surface area contributed by atoms with Crippen LogP contribution in [-0.4, -0.2) is 50.2 Å². The molecule has 0 unspecified atom stereocenters. The molecule has 0 saturated carbocycles. The van der Waals surface area contributed by atoms with Crippen LogP contribution in [0.5, 0.6) is 0 Å². The number of amides is 2. The van der Waals surface area contributed by atoms with Gasteiger partial charge in [0.15, 0.2) is 0 Å². The fraction of sp³-hybridized carbons (Fsp3) is 0.316. The van der Waals surface area contributed by atoms with Gasteiger partial charge in [-0.05, 0) is 29.8 Å². The topological polar surface area (TPSA) is 89.5 Å². The molecule has 0 aliphatic carbocycles. The average Bonchev–Trinajstić information content (AvgIpc) is 2.69. The molecule has 2 N–H and O–H groups in total. The van der Waals surface area contributed by atoms with E-state index in [1.807, 2.05) is 0 Å². The van der Waals surface area contributed by atoms with Gasteiger partial charge in [0.25, 0.3) is 11.8 Å². The Kier molecular flexibility index (Phi) is 8.34. The van der Waals surface area contributed by atoms with Gasteiger partial charge < -0.3 is 20.1 Å². The van der Waals surface area contributed by atoms with Gasteiger partial charge in [-0.2, -0.15) is 0 Å². The molecule has 27 heavy (non-hydrogen) atoms. The van der Waals surface area contributed by atoms with E-state index < -0.39 is 0 Å². The molecule has 0 radical (unpaired) electrons. The van der Waals surface area contributed by atoms with Crippen molar-refractivity contribution in [2.45, 2.75) is 6.61 Å². The SMILES string of the molecule is COCCNC(=O)c1ccc(C(=O)NCCOCc2ccc(F)cc2)cn1. The fourth-order valence-corrected chi connectivity index (χ4v) is 2.13. The third-order valence-corrected chi connectivity index (χ3v) is 3.56. The molecule has 0 saturated heterocycles. The lowest BCUT2D eigenvalue weighted by atomic mass is 10.2. The Morgan fingerprint density at radius 3 is 2.37 bits per heavy atom. The Balaban J connectivity index is 1.69. The average molecular weight is 375 g/mol. The predicted molar refractivity (Wildman–Crippen MR) is 96.8 cm³/mol. The number of pyridine rings is 1. The van der Waals surface area contributed by atoms with Gasteiger partial charge in [0.05, 0.1) is 25.4 Å². The third kappa shape index (κ3) is 7.12. The number of carbonyl (C=O) groups is 2. The number of rotatable bonds is 10. The van der Waals surface area contributed by atoms with Crippen molar-refractivity contribution in [1.29, 1.82) is 0 Å². The highest BCUT2D eigenvalue weighted by molar-refractivity contribution is 5.96. The molecule has 0 spiro atoms. The first-order chi connectivity index (χ1) is 13.1. The van der Waals surface area contributed by atoms with Crippen LogP contribution in [0.3, 0.4) is 0 Å². The van der Waals surface area contributed by atoms with Gasteiger partial charge in [0, 0.05) is 26.4 Å². The molecule has 0 fully saturated rings. The molecule has 0 atom stereocenters. The van der Waals surface area contributed by atoms with Crippen molar-refractivity contribution in [3.05, 3.63) is 65.2 Å². The highest BCUT2D eigenvalue weighted by atomic mass is 19.1. The number of halogens is 1. The summed E-state index contributed by atoms with van der Waals surface area (Å²) in [6, 6.07) is 9.05. The summed E-state index contributed by atoms with van der Waals surface area (Å²) in [6.07, 6.45) is 1.35. The first-order valence-electron chi connectivity index (χ1n) is 8.43. The highest BCUT2D eigenvalue weighted by Crippen LogP contribution is 2.04. The minimum absolute atomic E-state index is 0.227. The van der Waals surface area contributed by atoms with Gasteiger partial charge in [0.1, 0.15) is 11.5 Å². The number of hydrogen-bond donors (Lipinski definition) is 2. The quantitative estimate of drug-likeness (QED) is 0.615. The molecule has 8 heteroatoms. The standard InChI is InChI=1S/C19H22FN3O4/c1-26-10-8-22-19(25)17-7-4-15(12-23-17)18(24)21-9-11-27-13-14-2-5-16(20)6-3-14/h2-7,12H,8-11,13H2,1H3,(H,21,24)(H,22,25). The van der Waals surface area contributed by atoms with Crippen LogP contribution in [0.25, 0.3) is 0 Å². The van der Waals surface area contributed by atoms with E-state index in [1.54, 1.807) is 19.2 Å². The van der Waals surface area contributed by atoms with E-state index >= 15 is 0 Å². The maximum Gasteiger partial charge on any atom is 0.269 e. The third-order valence-electron chi connectivity index (χ3n) is 3.56. The number of carbonyl (C=O) groups excluding carboxylic acids is 2. The van der Waals surface area contributed by atoms with Crippen LogP contribution in [0.1, 0.15) is 26.4 Å². The number of ether oxygens (including phenoxy) is 2. The van der Waals surface area contributed by atoms with Crippen LogP contribution in [-0.2, 0) is 16.1 Å². The molecule has 7 nitrogen and oxygen atoms in total. The van der Waals surface area contributed by atoms with Crippen LogP contribution < -0.4 is 10.6 Å². The second kappa shape index (κ2) is 11.0. The van der Waals surface area contributed by atoms with E-state index in [-0.39, 0.29) is 23.3 Å². The fourth-order valence-electron chi connectivity index (χ4n) is 2.13. The molecular formula is C19H22FN3O4. The van der Waals surface area contributed by atoms with Crippen LogP contribution in [0.2, 0.25) is 0 Å². The summed E-state index contributed by atoms with van der Waals surface area (Å²) in [6.45, 7) is 1.77. The summed E-state index contributed by atoms with van der Waals surface area (Å²) >= 11 is 0. The summed E-state index contributed by atoms with van der Waals surface area (Å²) < 4.78 is 23.1. The second-order valence-corrected chi connectivity index (χ2v) is 5.62. The normalized spacial score (nSPS) is 10.4. The van der Waals surface area contributed by atoms with Crippen molar-refractivity contribution >= 4 is 11.8 Å². The first kappa shape index (κ1) is 20.5. The molecule has 144 valence electrons. The summed E-state index contributed by atoms with van der Waals surface area (Å²) in [5, 5.41) is 5.35. The van der Waals surface area contributed by atoms with Crippen molar-refractivity contribution in [3.8, 4) is 0 Å². The number of nitrogens with zero attached hydrogens (tertiary/aromatic N) is 1. The van der Waals surface area contributed by atoms with Crippen LogP contribution in [0, 0.1) is 5.82 Å². The first-order valence-corrected chi connectivity index (χ1v) is 8.43. The minimum Gasteiger partial charge on any atom is -0.383 e. The second-order valence-electron chi connectivity index (χ2n) is 5.62. The van der Waals surface area contributed by atoms with Crippen molar-refractivity contribution < 1.29 is 23.5 Å². The number of methoxy groups -OCH3 is 1. The van der Waals surface area contributed by atoms with Crippen molar-refractivity contribution in [3.63, 3.8) is 0 Å². The van der Waals surface area contributed by atoms with Gasteiger partial charge in [-0.15, -0.1) is 0 Å². The van der Waals surface area contributed by atoms with E-state index in [1.165, 1.54) is 30.5 Å². The molecule has 0 aliphatic rings. The predicted octanol–water partition coefficient (Wildman–Crippen LogP) is 1.54. The lowest BCUT2D eigenvalue weighted by Gasteiger charge is -2.07. The van der Waals surface area contributed by atoms with Crippen LogP contribution >= 0.6 is 0 Å². The number of aromatic nitrogens is 1. The molecule has 2 rings (SSSR count). The van der Waals surface area contributed by atoms with Gasteiger partial charge >= 0.3 is 0 Å². The summed E-state index contributed by atoms with van der Waals surface area (Å²) in [5.74, 6) is -0.925. The zero-order valence-corrected chi connectivity index (χ0v) is 15.0. The maximum absolute atomic E-state index is 12.8. The zero-order chi connectivity index (χ0) is 19.5. The Labute approximate surface area is 156 Å². The molecule has 1 heterocycles. The van der Waals surface area contributed by atoms with E-state index in [0.29, 0.717) is 38.5 Å². The molecule has 2 aromatic rings.